The molecular weight excluding hydrogens is 439 g/mol. The van der Waals surface area contributed by atoms with Crippen molar-refractivity contribution in [3.63, 3.8) is 0 Å². The molecule has 2 fully saturated rings. The number of rotatable bonds is 7. The summed E-state index contributed by atoms with van der Waals surface area (Å²) in [7, 11) is -1.55. The van der Waals surface area contributed by atoms with Gasteiger partial charge in [0.2, 0.25) is 5.95 Å². The average molecular weight is 462 g/mol. The van der Waals surface area contributed by atoms with Gasteiger partial charge < -0.3 is 15.4 Å². The van der Waals surface area contributed by atoms with Crippen LogP contribution in [0.3, 0.4) is 0 Å². The maximum Gasteiger partial charge on any atom is 0.315 e. The first-order valence-electron chi connectivity index (χ1n) is 9.12. The highest BCUT2D eigenvalue weighted by Gasteiger charge is 2.50. The number of aromatic amines is 1. The summed E-state index contributed by atoms with van der Waals surface area (Å²) >= 11 is 3.72. The van der Waals surface area contributed by atoms with Gasteiger partial charge in [-0.2, -0.15) is 14.0 Å². The quantitative estimate of drug-likeness (QED) is 0.432. The second-order valence-electron chi connectivity index (χ2n) is 6.62. The fraction of sp³-hybridized carbons (Fsp3) is 0.667. The van der Waals surface area contributed by atoms with Gasteiger partial charge in [0.05, 0.1) is 24.1 Å². The third-order valence-corrected chi connectivity index (χ3v) is 9.67. The summed E-state index contributed by atoms with van der Waals surface area (Å²) in [5.41, 5.74) is 5.69. The number of likely N-dealkylation sites (N-methyl/N-ethyl adjacent to an activating group) is 1. The predicted octanol–water partition coefficient (Wildman–Crippen LogP) is 0.257. The van der Waals surface area contributed by atoms with Gasteiger partial charge in [0.1, 0.15) is 19.4 Å². The fourth-order valence-electron chi connectivity index (χ4n) is 3.07. The van der Waals surface area contributed by atoms with E-state index in [1.807, 2.05) is 23.5 Å². The average Bonchev–Trinajstić information content (AvgIpc) is 3.24. The van der Waals surface area contributed by atoms with E-state index in [-0.39, 0.29) is 37.5 Å². The molecule has 0 spiro atoms. The van der Waals surface area contributed by atoms with Crippen molar-refractivity contribution >= 4 is 48.7 Å². The molecule has 2 aromatic heterocycles. The monoisotopic (exact) mass is 462 g/mol. The molecule has 2 unspecified atom stereocenters. The Labute approximate surface area is 176 Å². The van der Waals surface area contributed by atoms with E-state index < -0.39 is 13.7 Å². The number of thioether (sulfide) groups is 2. The molecule has 14 heteroatoms. The molecule has 0 saturated carbocycles. The van der Waals surface area contributed by atoms with Crippen LogP contribution in [0.2, 0.25) is 0 Å². The number of nitrogens with two attached hydrogens (primary N) is 1. The van der Waals surface area contributed by atoms with Gasteiger partial charge in [0.25, 0.3) is 5.56 Å². The molecule has 0 aromatic carbocycles. The summed E-state index contributed by atoms with van der Waals surface area (Å²) < 4.78 is 20.5. The van der Waals surface area contributed by atoms with E-state index in [9.17, 15) is 9.69 Å². The number of hydrogen-bond acceptors (Lipinski definition) is 11. The van der Waals surface area contributed by atoms with Gasteiger partial charge in [-0.3, -0.25) is 14.3 Å². The molecule has 11 nitrogen and oxygen atoms in total. The Morgan fingerprint density at radius 3 is 3.03 bits per heavy atom. The van der Waals surface area contributed by atoms with Gasteiger partial charge in [-0.05, 0) is 17.9 Å². The summed E-state index contributed by atoms with van der Waals surface area (Å²) in [4.78, 5) is 35.2. The molecule has 0 radical (unpaired) electrons. The number of H-pyrrole nitrogens is 1. The summed E-state index contributed by atoms with van der Waals surface area (Å²) in [6, 6.07) is 0. The molecule has 3 N–H and O–H groups in total. The van der Waals surface area contributed by atoms with Crippen LogP contribution >= 0.6 is 31.6 Å². The molecule has 2 aliphatic heterocycles. The Morgan fingerprint density at radius 1 is 1.45 bits per heavy atom. The Hall–Kier alpha value is -0.920. The topological polar surface area (TPSA) is 144 Å². The SMILES string of the molecule is CN1CC(C2SCCCS2)O[P+]1([O-])OCCOCn1cnc2c(=O)[nH]c(N)nc21. The zero-order valence-electron chi connectivity index (χ0n) is 15.9. The Morgan fingerprint density at radius 2 is 2.24 bits per heavy atom. The Bertz CT molecular complexity index is 909. The van der Waals surface area contributed by atoms with E-state index in [0.717, 1.165) is 11.5 Å². The van der Waals surface area contributed by atoms with Crippen LogP contribution in [0.4, 0.5) is 5.95 Å². The molecule has 4 heterocycles. The number of nitrogen functional groups attached to an aromatic ring is 1. The van der Waals surface area contributed by atoms with Gasteiger partial charge in [0, 0.05) is 7.05 Å². The highest BCUT2D eigenvalue weighted by atomic mass is 32.2. The molecule has 2 saturated heterocycles. The minimum Gasteiger partial charge on any atom is -0.616 e. The van der Waals surface area contributed by atoms with Crippen LogP contribution in [-0.2, 0) is 20.5 Å². The lowest BCUT2D eigenvalue weighted by Crippen LogP contribution is -2.27. The number of aromatic nitrogens is 4. The van der Waals surface area contributed by atoms with Crippen molar-refractivity contribution in [3.05, 3.63) is 16.7 Å². The standard InChI is InChI=1S/C15H23N6O5PS2/c1-20-7-10(14-28-5-2-6-29-14)26-27(20,23)25-4-3-24-9-21-8-17-11-12(21)18-15(16)19-13(11)22/h8,10,14H,2-7,9H2,1H3,(H3,16,18,19,22). The van der Waals surface area contributed by atoms with Gasteiger partial charge in [-0.25, -0.2) is 4.98 Å². The van der Waals surface area contributed by atoms with E-state index in [0.29, 0.717) is 16.8 Å². The summed E-state index contributed by atoms with van der Waals surface area (Å²) in [6.45, 7) is 0.999. The molecule has 2 aromatic rings. The van der Waals surface area contributed by atoms with Crippen LogP contribution in [-0.4, -0.2) is 73.2 Å². The Balaban J connectivity index is 1.26. The lowest BCUT2D eigenvalue weighted by molar-refractivity contribution is -0.228. The van der Waals surface area contributed by atoms with Gasteiger partial charge in [-0.1, -0.05) is 0 Å². The zero-order chi connectivity index (χ0) is 20.4. The highest BCUT2D eigenvalue weighted by Crippen LogP contribution is 2.61. The minimum absolute atomic E-state index is 0.0101. The van der Waals surface area contributed by atoms with Crippen molar-refractivity contribution in [2.24, 2.45) is 0 Å². The Kier molecular flexibility index (Phi) is 6.66. The van der Waals surface area contributed by atoms with Gasteiger partial charge >= 0.3 is 8.09 Å². The van der Waals surface area contributed by atoms with Crippen LogP contribution in [0, 0.1) is 0 Å². The van der Waals surface area contributed by atoms with E-state index in [1.54, 1.807) is 16.3 Å². The lowest BCUT2D eigenvalue weighted by Gasteiger charge is -2.27. The molecule has 0 bridgehead atoms. The van der Waals surface area contributed by atoms with E-state index in [1.165, 1.54) is 12.7 Å². The summed E-state index contributed by atoms with van der Waals surface area (Å²) in [5, 5.41) is 0. The van der Waals surface area contributed by atoms with Crippen molar-refractivity contribution in [1.29, 1.82) is 0 Å². The second-order valence-corrected chi connectivity index (χ2v) is 11.5. The lowest BCUT2D eigenvalue weighted by atomic mass is 10.4. The third kappa shape index (κ3) is 4.72. The number of hydrogen-bond donors (Lipinski definition) is 2. The van der Waals surface area contributed by atoms with Crippen molar-refractivity contribution in [1.82, 2.24) is 24.2 Å². The normalized spacial score (nSPS) is 26.5. The maximum absolute atomic E-state index is 13.0. The molecule has 0 amide bonds. The summed E-state index contributed by atoms with van der Waals surface area (Å²) in [5.74, 6) is 2.22. The van der Waals surface area contributed by atoms with Crippen molar-refractivity contribution in [2.75, 3.05) is 44.0 Å². The number of nitrogens with one attached hydrogen (secondary N) is 1. The van der Waals surface area contributed by atoms with Gasteiger partial charge in [0.15, 0.2) is 11.2 Å². The molecule has 4 rings (SSSR count). The second kappa shape index (κ2) is 9.06. The molecule has 0 aliphatic carbocycles. The largest absolute Gasteiger partial charge is 0.616 e. The molecule has 2 aliphatic rings. The molecule has 160 valence electrons. The number of ether oxygens (including phenoxy) is 1. The minimum atomic E-state index is -3.30. The van der Waals surface area contributed by atoms with Gasteiger partial charge in [-0.15, -0.1) is 28.2 Å². The smallest absolute Gasteiger partial charge is 0.315 e. The zero-order valence-corrected chi connectivity index (χ0v) is 18.4. The highest BCUT2D eigenvalue weighted by molar-refractivity contribution is 8.17. The first-order chi connectivity index (χ1) is 14.0. The number of nitrogens with zero attached hydrogens (tertiary/aromatic N) is 4. The van der Waals surface area contributed by atoms with Crippen LogP contribution in [0.25, 0.3) is 11.2 Å². The van der Waals surface area contributed by atoms with Crippen LogP contribution < -0.4 is 16.2 Å². The van der Waals surface area contributed by atoms with Crippen LogP contribution in [0.1, 0.15) is 6.42 Å². The van der Waals surface area contributed by atoms with Crippen molar-refractivity contribution in [2.45, 2.75) is 23.8 Å². The van der Waals surface area contributed by atoms with Crippen molar-refractivity contribution in [3.8, 4) is 0 Å². The number of anilines is 1. The summed E-state index contributed by atoms with van der Waals surface area (Å²) in [6.07, 6.45) is 2.55. The first kappa shape index (κ1) is 21.3. The molecule has 29 heavy (non-hydrogen) atoms. The van der Waals surface area contributed by atoms with E-state index >= 15 is 0 Å². The number of imidazole rings is 1. The maximum atomic E-state index is 13.0. The number of fused-ring (bicyclic) bond motifs is 1. The first-order valence-corrected chi connectivity index (χ1v) is 12.7. The third-order valence-electron chi connectivity index (χ3n) is 4.49. The van der Waals surface area contributed by atoms with E-state index in [2.05, 4.69) is 15.0 Å². The predicted molar refractivity (Wildman–Crippen MR) is 112 cm³/mol. The van der Waals surface area contributed by atoms with Crippen molar-refractivity contribution < 1.29 is 18.7 Å². The fourth-order valence-corrected chi connectivity index (χ4v) is 7.79. The van der Waals surface area contributed by atoms with E-state index in [4.69, 9.17) is 19.5 Å². The van der Waals surface area contributed by atoms with Crippen LogP contribution in [0.5, 0.6) is 0 Å². The van der Waals surface area contributed by atoms with Crippen LogP contribution in [0.15, 0.2) is 11.1 Å². The molecular formula is C15H23N6O5PS2. The molecule has 2 atom stereocenters.